The normalized spacial score (nSPS) is 15.0. The predicted molar refractivity (Wildman–Crippen MR) is 55.6 cm³/mol. The van der Waals surface area contributed by atoms with Gasteiger partial charge in [-0.2, -0.15) is 13.2 Å². The Morgan fingerprint density at radius 2 is 2.12 bits per heavy atom. The molecule has 0 amide bonds. The highest BCUT2D eigenvalue weighted by molar-refractivity contribution is 7.90. The van der Waals surface area contributed by atoms with Crippen LogP contribution in [0.2, 0.25) is 0 Å². The highest BCUT2D eigenvalue weighted by atomic mass is 32.2. The molecule has 0 spiro atoms. The van der Waals surface area contributed by atoms with E-state index in [1.807, 2.05) is 0 Å². The Hall–Kier alpha value is -0.600. The van der Waals surface area contributed by atoms with Crippen molar-refractivity contribution in [3.63, 3.8) is 0 Å². The Bertz CT molecular complexity index is 425. The van der Waals surface area contributed by atoms with Gasteiger partial charge in [0, 0.05) is 10.9 Å². The second kappa shape index (κ2) is 4.72. The molecule has 1 N–H and O–H groups in total. The number of nitrogens with one attached hydrogen (secondary N) is 1. The number of sulfonamides is 1. The van der Waals surface area contributed by atoms with Gasteiger partial charge in [-0.25, -0.2) is 13.1 Å². The van der Waals surface area contributed by atoms with Crippen molar-refractivity contribution >= 4 is 21.4 Å². The lowest BCUT2D eigenvalue weighted by Crippen LogP contribution is -2.42. The summed E-state index contributed by atoms with van der Waals surface area (Å²) in [6.45, 7) is 1.39. The van der Waals surface area contributed by atoms with Gasteiger partial charge >= 0.3 is 15.5 Å². The average Bonchev–Trinajstić information content (AvgIpc) is 2.52. The first kappa shape index (κ1) is 13.5. The Labute approximate surface area is 95.3 Å². The molecule has 0 aliphatic rings. The smallest absolute Gasteiger partial charge is 0.204 e. The maximum atomic E-state index is 12.0. The Kier molecular flexibility index (Phi) is 3.97. The molecule has 3 nitrogen and oxygen atoms in total. The zero-order chi connectivity index (χ0) is 12.4. The fourth-order valence-electron chi connectivity index (χ4n) is 1.10. The van der Waals surface area contributed by atoms with Crippen molar-refractivity contribution in [3.05, 3.63) is 22.4 Å². The summed E-state index contributed by atoms with van der Waals surface area (Å²) in [7, 11) is -5.25. The van der Waals surface area contributed by atoms with Crippen LogP contribution in [-0.4, -0.2) is 20.0 Å². The highest BCUT2D eigenvalue weighted by Crippen LogP contribution is 2.22. The first-order valence-electron chi connectivity index (χ1n) is 4.33. The maximum Gasteiger partial charge on any atom is 0.511 e. The molecule has 0 bridgehead atoms. The van der Waals surface area contributed by atoms with E-state index in [2.05, 4.69) is 0 Å². The van der Waals surface area contributed by atoms with Crippen LogP contribution < -0.4 is 4.72 Å². The van der Waals surface area contributed by atoms with Crippen LogP contribution in [0.25, 0.3) is 0 Å². The summed E-state index contributed by atoms with van der Waals surface area (Å²) in [6.07, 6.45) is 0.243. The summed E-state index contributed by atoms with van der Waals surface area (Å²) in [4.78, 5) is 0.831. The molecular formula is C8H10F3NO2S2. The van der Waals surface area contributed by atoms with Gasteiger partial charge in [-0.3, -0.25) is 0 Å². The lowest BCUT2D eigenvalue weighted by molar-refractivity contribution is -0.0450. The third kappa shape index (κ3) is 3.46. The van der Waals surface area contributed by atoms with Crippen LogP contribution in [0.1, 0.15) is 11.8 Å². The van der Waals surface area contributed by atoms with Crippen molar-refractivity contribution in [1.29, 1.82) is 0 Å². The Morgan fingerprint density at radius 1 is 1.50 bits per heavy atom. The molecule has 1 heterocycles. The van der Waals surface area contributed by atoms with E-state index >= 15 is 0 Å². The van der Waals surface area contributed by atoms with Crippen LogP contribution in [-0.2, 0) is 16.4 Å². The second-order valence-electron chi connectivity index (χ2n) is 3.25. The minimum atomic E-state index is -5.25. The van der Waals surface area contributed by atoms with E-state index in [4.69, 9.17) is 0 Å². The highest BCUT2D eigenvalue weighted by Gasteiger charge is 2.46. The molecule has 0 aromatic carbocycles. The van der Waals surface area contributed by atoms with Crippen LogP contribution >= 0.6 is 11.3 Å². The van der Waals surface area contributed by atoms with Crippen molar-refractivity contribution in [2.45, 2.75) is 24.9 Å². The molecule has 1 rings (SSSR count). The number of thiophene rings is 1. The lowest BCUT2D eigenvalue weighted by atomic mass is 10.2. The Balaban J connectivity index is 2.62. The molecule has 0 radical (unpaired) electrons. The molecule has 1 atom stereocenters. The molecule has 0 saturated heterocycles. The lowest BCUT2D eigenvalue weighted by Gasteiger charge is -2.14. The molecule has 0 unspecified atom stereocenters. The van der Waals surface area contributed by atoms with Gasteiger partial charge in [0.05, 0.1) is 0 Å². The van der Waals surface area contributed by atoms with E-state index in [0.29, 0.717) is 0 Å². The predicted octanol–water partition coefficient (Wildman–Crippen LogP) is 2.12. The summed E-state index contributed by atoms with van der Waals surface area (Å²) in [5.41, 5.74) is -5.25. The molecule has 16 heavy (non-hydrogen) atoms. The van der Waals surface area contributed by atoms with E-state index in [9.17, 15) is 21.6 Å². The number of alkyl halides is 3. The zero-order valence-corrected chi connectivity index (χ0v) is 9.92. The number of hydrogen-bond donors (Lipinski definition) is 1. The first-order chi connectivity index (χ1) is 7.22. The van der Waals surface area contributed by atoms with Crippen molar-refractivity contribution in [2.24, 2.45) is 0 Å². The number of hydrogen-bond acceptors (Lipinski definition) is 3. The van der Waals surface area contributed by atoms with Gasteiger partial charge in [0.2, 0.25) is 0 Å². The minimum Gasteiger partial charge on any atom is -0.204 e. The zero-order valence-electron chi connectivity index (χ0n) is 8.28. The summed E-state index contributed by atoms with van der Waals surface area (Å²) in [6, 6.07) is 2.71. The molecule has 1 aromatic rings. The van der Waals surface area contributed by atoms with Crippen LogP contribution in [0, 0.1) is 0 Å². The summed E-state index contributed by atoms with van der Waals surface area (Å²) in [5, 5.41) is 1.78. The van der Waals surface area contributed by atoms with Crippen molar-refractivity contribution in [2.75, 3.05) is 0 Å². The molecule has 1 aromatic heterocycles. The quantitative estimate of drug-likeness (QED) is 0.913. The molecule has 0 aliphatic heterocycles. The summed E-state index contributed by atoms with van der Waals surface area (Å²) in [5.74, 6) is 0. The average molecular weight is 273 g/mol. The molecule has 8 heteroatoms. The first-order valence-corrected chi connectivity index (χ1v) is 6.69. The molecule has 0 aliphatic carbocycles. The monoisotopic (exact) mass is 273 g/mol. The molecule has 0 saturated carbocycles. The van der Waals surface area contributed by atoms with Crippen molar-refractivity contribution in [3.8, 4) is 0 Å². The second-order valence-corrected chi connectivity index (χ2v) is 5.99. The SMILES string of the molecule is C[C@@H](Cc1cccs1)NS(=O)(=O)C(F)(F)F. The van der Waals surface area contributed by atoms with E-state index in [1.165, 1.54) is 18.3 Å². The molecule has 92 valence electrons. The number of rotatable bonds is 4. The van der Waals surface area contributed by atoms with Gasteiger partial charge in [-0.05, 0) is 24.8 Å². The van der Waals surface area contributed by atoms with E-state index in [0.717, 1.165) is 4.88 Å². The fraction of sp³-hybridized carbons (Fsp3) is 0.500. The third-order valence-electron chi connectivity index (χ3n) is 1.75. The largest absolute Gasteiger partial charge is 0.511 e. The van der Waals surface area contributed by atoms with Gasteiger partial charge < -0.3 is 0 Å². The van der Waals surface area contributed by atoms with E-state index in [-0.39, 0.29) is 6.42 Å². The van der Waals surface area contributed by atoms with Crippen LogP contribution in [0.4, 0.5) is 13.2 Å². The van der Waals surface area contributed by atoms with Crippen LogP contribution in [0.5, 0.6) is 0 Å². The van der Waals surface area contributed by atoms with Gasteiger partial charge in [-0.1, -0.05) is 6.07 Å². The fourth-order valence-corrected chi connectivity index (χ4v) is 2.69. The number of halogens is 3. The van der Waals surface area contributed by atoms with Crippen molar-refractivity contribution in [1.82, 2.24) is 4.72 Å². The minimum absolute atomic E-state index is 0.243. The van der Waals surface area contributed by atoms with Gasteiger partial charge in [0.15, 0.2) is 0 Å². The van der Waals surface area contributed by atoms with Crippen LogP contribution in [0.15, 0.2) is 17.5 Å². The van der Waals surface area contributed by atoms with Gasteiger partial charge in [-0.15, -0.1) is 11.3 Å². The Morgan fingerprint density at radius 3 is 2.56 bits per heavy atom. The van der Waals surface area contributed by atoms with E-state index < -0.39 is 21.6 Å². The van der Waals surface area contributed by atoms with Crippen LogP contribution in [0.3, 0.4) is 0 Å². The molecular weight excluding hydrogens is 263 g/mol. The topological polar surface area (TPSA) is 46.2 Å². The van der Waals surface area contributed by atoms with Gasteiger partial charge in [0.25, 0.3) is 0 Å². The molecule has 0 fully saturated rings. The van der Waals surface area contributed by atoms with Crippen molar-refractivity contribution < 1.29 is 21.6 Å². The standard InChI is InChI=1S/C8H10F3NO2S2/c1-6(5-7-3-2-4-15-7)12-16(13,14)8(9,10)11/h2-4,6,12H,5H2,1H3/t6-/m0/s1. The van der Waals surface area contributed by atoms with Gasteiger partial charge in [0.1, 0.15) is 0 Å². The maximum absolute atomic E-state index is 12.0. The summed E-state index contributed by atoms with van der Waals surface area (Å²) >= 11 is 1.37. The van der Waals surface area contributed by atoms with E-state index in [1.54, 1.807) is 22.2 Å². The third-order valence-corrected chi connectivity index (χ3v) is 3.97. The summed E-state index contributed by atoms with van der Waals surface area (Å²) < 4.78 is 59.2.